The maximum Gasteiger partial charge on any atom is 0.282 e. The summed E-state index contributed by atoms with van der Waals surface area (Å²) in [7, 11) is -3.21. The van der Waals surface area contributed by atoms with Gasteiger partial charge in [0.1, 0.15) is 11.3 Å². The van der Waals surface area contributed by atoms with E-state index in [-0.39, 0.29) is 29.2 Å². The molecule has 0 saturated carbocycles. The van der Waals surface area contributed by atoms with Crippen molar-refractivity contribution >= 4 is 21.4 Å². The minimum absolute atomic E-state index is 0.0358. The number of aromatic hydroxyl groups is 1. The van der Waals surface area contributed by atoms with Crippen LogP contribution in [-0.4, -0.2) is 41.4 Å². The second-order valence-electron chi connectivity index (χ2n) is 5.32. The van der Waals surface area contributed by atoms with Crippen molar-refractivity contribution in [2.75, 3.05) is 11.5 Å². The zero-order chi connectivity index (χ0) is 15.8. The van der Waals surface area contributed by atoms with Crippen molar-refractivity contribution < 1.29 is 23.2 Å². The smallest absolute Gasteiger partial charge is 0.282 e. The van der Waals surface area contributed by atoms with E-state index in [0.29, 0.717) is 0 Å². The largest absolute Gasteiger partial charge is 0.508 e. The monoisotopic (exact) mass is 314 g/mol. The number of nitrogens with zero attached hydrogens (tertiary/aromatic N) is 1. The standard InChI is InChI=1S/C12H14N2O6S/c1-12(4-5-21(19,20)7-12)13-11(16)9-6-8(15)2-3-10(9)14(17)18/h2-3,6,15H,4-5,7H2,1H3,(H,13,16). The summed E-state index contributed by atoms with van der Waals surface area (Å²) in [6, 6.07) is 3.12. The molecule has 1 saturated heterocycles. The van der Waals surface area contributed by atoms with Crippen LogP contribution >= 0.6 is 0 Å². The summed E-state index contributed by atoms with van der Waals surface area (Å²) in [4.78, 5) is 22.3. The normalized spacial score (nSPS) is 23.7. The summed E-state index contributed by atoms with van der Waals surface area (Å²) in [5.41, 5.74) is -1.71. The van der Waals surface area contributed by atoms with Crippen molar-refractivity contribution in [3.05, 3.63) is 33.9 Å². The van der Waals surface area contributed by atoms with E-state index in [1.54, 1.807) is 6.92 Å². The fraction of sp³-hybridized carbons (Fsp3) is 0.417. The highest BCUT2D eigenvalue weighted by Gasteiger charge is 2.40. The van der Waals surface area contributed by atoms with Gasteiger partial charge in [0.25, 0.3) is 11.6 Å². The van der Waals surface area contributed by atoms with E-state index in [4.69, 9.17) is 0 Å². The summed E-state index contributed by atoms with van der Waals surface area (Å²) in [5, 5.41) is 22.8. The zero-order valence-corrected chi connectivity index (χ0v) is 12.0. The van der Waals surface area contributed by atoms with Crippen molar-refractivity contribution in [1.82, 2.24) is 5.32 Å². The maximum absolute atomic E-state index is 12.2. The number of nitrogens with one attached hydrogen (secondary N) is 1. The van der Waals surface area contributed by atoms with Crippen LogP contribution in [0.3, 0.4) is 0 Å². The Morgan fingerprint density at radius 2 is 2.14 bits per heavy atom. The second-order valence-corrected chi connectivity index (χ2v) is 7.50. The van der Waals surface area contributed by atoms with Gasteiger partial charge in [0.05, 0.1) is 22.0 Å². The van der Waals surface area contributed by atoms with Gasteiger partial charge in [0, 0.05) is 6.07 Å². The highest BCUT2D eigenvalue weighted by Crippen LogP contribution is 2.27. The molecule has 1 amide bonds. The van der Waals surface area contributed by atoms with Crippen molar-refractivity contribution in [3.8, 4) is 5.75 Å². The quantitative estimate of drug-likeness (QED) is 0.621. The van der Waals surface area contributed by atoms with E-state index in [2.05, 4.69) is 5.32 Å². The summed E-state index contributed by atoms with van der Waals surface area (Å²) in [6.07, 6.45) is 0.244. The highest BCUT2D eigenvalue weighted by molar-refractivity contribution is 7.91. The van der Waals surface area contributed by atoms with Gasteiger partial charge in [-0.15, -0.1) is 0 Å². The molecule has 0 bridgehead atoms. The van der Waals surface area contributed by atoms with Gasteiger partial charge in [-0.1, -0.05) is 0 Å². The van der Waals surface area contributed by atoms with Crippen molar-refractivity contribution in [3.63, 3.8) is 0 Å². The number of nitro groups is 1. The maximum atomic E-state index is 12.2. The Kier molecular flexibility index (Phi) is 3.62. The molecule has 1 atom stereocenters. The molecular weight excluding hydrogens is 300 g/mol. The number of carbonyl (C=O) groups is 1. The van der Waals surface area contributed by atoms with Crippen LogP contribution in [0.5, 0.6) is 5.75 Å². The predicted octanol–water partition coefficient (Wildman–Crippen LogP) is 0.607. The zero-order valence-electron chi connectivity index (χ0n) is 11.2. The number of hydrogen-bond donors (Lipinski definition) is 2. The lowest BCUT2D eigenvalue weighted by Gasteiger charge is -2.23. The van der Waals surface area contributed by atoms with Crippen LogP contribution in [-0.2, 0) is 9.84 Å². The van der Waals surface area contributed by atoms with Crippen molar-refractivity contribution in [1.29, 1.82) is 0 Å². The number of carbonyl (C=O) groups excluding carboxylic acids is 1. The van der Waals surface area contributed by atoms with Crippen molar-refractivity contribution in [2.24, 2.45) is 0 Å². The lowest BCUT2D eigenvalue weighted by molar-refractivity contribution is -0.385. The first-order valence-corrected chi connectivity index (χ1v) is 7.94. The number of phenols is 1. The minimum atomic E-state index is -3.21. The Morgan fingerprint density at radius 3 is 2.67 bits per heavy atom. The molecule has 1 fully saturated rings. The fourth-order valence-electron chi connectivity index (χ4n) is 2.32. The van der Waals surface area contributed by atoms with Gasteiger partial charge in [0.2, 0.25) is 0 Å². The number of hydrogen-bond acceptors (Lipinski definition) is 6. The van der Waals surface area contributed by atoms with Crippen LogP contribution in [0.2, 0.25) is 0 Å². The molecule has 2 rings (SSSR count). The Hall–Kier alpha value is -2.16. The lowest BCUT2D eigenvalue weighted by Crippen LogP contribution is -2.47. The average molecular weight is 314 g/mol. The van der Waals surface area contributed by atoms with Gasteiger partial charge < -0.3 is 10.4 Å². The van der Waals surface area contributed by atoms with Crippen LogP contribution in [0.25, 0.3) is 0 Å². The Labute approximate surface area is 120 Å². The first kappa shape index (κ1) is 15.2. The summed E-state index contributed by atoms with van der Waals surface area (Å²) in [6.45, 7) is 1.57. The number of amides is 1. The lowest BCUT2D eigenvalue weighted by atomic mass is 10.0. The molecule has 1 heterocycles. The summed E-state index contributed by atoms with van der Waals surface area (Å²) < 4.78 is 23.0. The third-order valence-corrected chi connectivity index (χ3v) is 5.24. The molecule has 21 heavy (non-hydrogen) atoms. The Morgan fingerprint density at radius 1 is 1.48 bits per heavy atom. The van der Waals surface area contributed by atoms with Crippen LogP contribution in [0.1, 0.15) is 23.7 Å². The third-order valence-electron chi connectivity index (χ3n) is 3.34. The first-order chi connectivity index (χ1) is 9.62. The molecule has 0 spiro atoms. The molecule has 1 aliphatic rings. The predicted molar refractivity (Wildman–Crippen MR) is 73.9 cm³/mol. The topological polar surface area (TPSA) is 127 Å². The molecule has 1 unspecified atom stereocenters. The number of sulfone groups is 1. The summed E-state index contributed by atoms with van der Waals surface area (Å²) >= 11 is 0. The molecule has 1 aromatic rings. The third kappa shape index (κ3) is 3.30. The molecule has 0 aromatic heterocycles. The van der Waals surface area contributed by atoms with Crippen LogP contribution in [0.4, 0.5) is 5.69 Å². The van der Waals surface area contributed by atoms with E-state index in [1.807, 2.05) is 0 Å². The van der Waals surface area contributed by atoms with Gasteiger partial charge in [0.15, 0.2) is 9.84 Å². The molecule has 1 aromatic carbocycles. The van der Waals surface area contributed by atoms with E-state index < -0.39 is 31.9 Å². The second kappa shape index (κ2) is 4.99. The van der Waals surface area contributed by atoms with E-state index in [0.717, 1.165) is 18.2 Å². The van der Waals surface area contributed by atoms with Gasteiger partial charge in [-0.3, -0.25) is 14.9 Å². The van der Waals surface area contributed by atoms with Gasteiger partial charge in [-0.05, 0) is 25.5 Å². The number of nitro benzene ring substituents is 1. The molecule has 0 radical (unpaired) electrons. The van der Waals surface area contributed by atoms with Gasteiger partial charge >= 0.3 is 0 Å². The van der Waals surface area contributed by atoms with Crippen LogP contribution in [0, 0.1) is 10.1 Å². The van der Waals surface area contributed by atoms with E-state index >= 15 is 0 Å². The van der Waals surface area contributed by atoms with E-state index in [9.17, 15) is 28.4 Å². The molecule has 0 aliphatic carbocycles. The molecule has 114 valence electrons. The molecule has 2 N–H and O–H groups in total. The Balaban J connectivity index is 2.29. The highest BCUT2D eigenvalue weighted by atomic mass is 32.2. The van der Waals surface area contributed by atoms with Crippen LogP contribution in [0.15, 0.2) is 18.2 Å². The SMILES string of the molecule is CC1(NC(=O)c2cc(O)ccc2[N+](=O)[O-])CCS(=O)(=O)C1. The van der Waals surface area contributed by atoms with E-state index in [1.165, 1.54) is 0 Å². The Bertz CT molecular complexity index is 714. The molecule has 1 aliphatic heterocycles. The van der Waals surface area contributed by atoms with Crippen LogP contribution < -0.4 is 5.32 Å². The molecule has 9 heteroatoms. The van der Waals surface area contributed by atoms with Crippen molar-refractivity contribution in [2.45, 2.75) is 18.9 Å². The fourth-order valence-corrected chi connectivity index (χ4v) is 4.41. The summed E-state index contributed by atoms with van der Waals surface area (Å²) in [5.74, 6) is -1.31. The molecule has 8 nitrogen and oxygen atoms in total. The molecular formula is C12H14N2O6S. The first-order valence-electron chi connectivity index (χ1n) is 6.12. The number of phenolic OH excluding ortho intramolecular Hbond substituents is 1. The minimum Gasteiger partial charge on any atom is -0.508 e. The number of benzene rings is 1. The van der Waals surface area contributed by atoms with Gasteiger partial charge in [-0.2, -0.15) is 0 Å². The average Bonchev–Trinajstić information content (AvgIpc) is 2.62. The van der Waals surface area contributed by atoms with Gasteiger partial charge in [-0.25, -0.2) is 8.42 Å². The number of rotatable bonds is 3.